The van der Waals surface area contributed by atoms with Gasteiger partial charge in [-0.2, -0.15) is 0 Å². The van der Waals surface area contributed by atoms with Gasteiger partial charge in [0.25, 0.3) is 0 Å². The molecule has 0 atom stereocenters. The Morgan fingerprint density at radius 3 is 2.48 bits per heavy atom. The van der Waals surface area contributed by atoms with Crippen LogP contribution in [-0.2, 0) is 0 Å². The largest absolute Gasteiger partial charge is 0.497 e. The molecule has 5 heteroatoms. The zero-order chi connectivity index (χ0) is 14.5. The van der Waals surface area contributed by atoms with E-state index >= 15 is 0 Å². The third-order valence-electron chi connectivity index (χ3n) is 2.87. The Morgan fingerprint density at radius 2 is 1.76 bits per heavy atom. The highest BCUT2D eigenvalue weighted by Gasteiger charge is 2.04. The summed E-state index contributed by atoms with van der Waals surface area (Å²) in [6.45, 7) is 0. The summed E-state index contributed by atoms with van der Waals surface area (Å²) < 4.78 is 5.12. The molecule has 0 spiro atoms. The van der Waals surface area contributed by atoms with E-state index in [-0.39, 0.29) is 0 Å². The summed E-state index contributed by atoms with van der Waals surface area (Å²) in [5, 5.41) is 9.76. The standard InChI is InChI=1S/C16H13N3OS/c1-20-14-9-7-12(8-10-14)11-17-16-19-18-15(21-16)13-5-3-2-4-6-13/h2-11H,1H3/b17-11+. The summed E-state index contributed by atoms with van der Waals surface area (Å²) in [4.78, 5) is 4.36. The van der Waals surface area contributed by atoms with Gasteiger partial charge in [0.2, 0.25) is 5.13 Å². The molecule has 2 aromatic carbocycles. The molecule has 0 amide bonds. The summed E-state index contributed by atoms with van der Waals surface area (Å²) in [6, 6.07) is 17.7. The summed E-state index contributed by atoms with van der Waals surface area (Å²) in [5.74, 6) is 0.828. The van der Waals surface area contributed by atoms with E-state index in [4.69, 9.17) is 4.74 Å². The number of benzene rings is 2. The van der Waals surface area contributed by atoms with Gasteiger partial charge in [-0.1, -0.05) is 41.7 Å². The fourth-order valence-corrected chi connectivity index (χ4v) is 2.48. The molecule has 0 fully saturated rings. The molecule has 0 aliphatic heterocycles. The Morgan fingerprint density at radius 1 is 1.00 bits per heavy atom. The Kier molecular flexibility index (Phi) is 4.02. The van der Waals surface area contributed by atoms with E-state index in [0.29, 0.717) is 5.13 Å². The highest BCUT2D eigenvalue weighted by molar-refractivity contribution is 7.18. The highest BCUT2D eigenvalue weighted by atomic mass is 32.1. The van der Waals surface area contributed by atoms with Gasteiger partial charge in [-0.05, 0) is 29.8 Å². The summed E-state index contributed by atoms with van der Waals surface area (Å²) in [7, 11) is 1.65. The predicted octanol–water partition coefficient (Wildman–Crippen LogP) is 3.96. The van der Waals surface area contributed by atoms with Crippen molar-refractivity contribution in [2.24, 2.45) is 4.99 Å². The van der Waals surface area contributed by atoms with Crippen LogP contribution in [0.3, 0.4) is 0 Å². The van der Waals surface area contributed by atoms with E-state index in [2.05, 4.69) is 15.2 Å². The first-order chi connectivity index (χ1) is 10.3. The molecule has 1 heterocycles. The SMILES string of the molecule is COc1ccc(/C=N/c2nnc(-c3ccccc3)s2)cc1. The van der Waals surface area contributed by atoms with Crippen molar-refractivity contribution in [3.05, 3.63) is 60.2 Å². The van der Waals surface area contributed by atoms with Crippen LogP contribution in [0.4, 0.5) is 5.13 Å². The molecule has 104 valence electrons. The molecule has 0 unspecified atom stereocenters. The lowest BCUT2D eigenvalue weighted by molar-refractivity contribution is 0.415. The Labute approximate surface area is 126 Å². The molecule has 4 nitrogen and oxygen atoms in total. The van der Waals surface area contributed by atoms with E-state index in [1.54, 1.807) is 13.3 Å². The smallest absolute Gasteiger partial charge is 0.231 e. The average Bonchev–Trinajstić information content (AvgIpc) is 3.03. The Hall–Kier alpha value is -2.53. The van der Waals surface area contributed by atoms with Crippen LogP contribution in [0.15, 0.2) is 59.6 Å². The van der Waals surface area contributed by atoms with Crippen molar-refractivity contribution in [1.29, 1.82) is 0 Å². The molecule has 0 saturated heterocycles. The first kappa shape index (κ1) is 13.5. The van der Waals surface area contributed by atoms with Crippen molar-refractivity contribution < 1.29 is 4.74 Å². The number of aromatic nitrogens is 2. The molecule has 0 aliphatic rings. The van der Waals surface area contributed by atoms with Crippen LogP contribution in [0.25, 0.3) is 10.6 Å². The quantitative estimate of drug-likeness (QED) is 0.684. The number of ether oxygens (including phenoxy) is 1. The molecular formula is C16H13N3OS. The number of hydrogen-bond donors (Lipinski definition) is 0. The third kappa shape index (κ3) is 3.32. The van der Waals surface area contributed by atoms with E-state index < -0.39 is 0 Å². The molecule has 0 N–H and O–H groups in total. The van der Waals surface area contributed by atoms with Gasteiger partial charge in [0.15, 0.2) is 0 Å². The molecule has 1 aromatic heterocycles. The molecule has 0 aliphatic carbocycles. The third-order valence-corrected chi connectivity index (χ3v) is 3.76. The predicted molar refractivity (Wildman–Crippen MR) is 85.6 cm³/mol. The molecule has 3 rings (SSSR count). The lowest BCUT2D eigenvalue weighted by Gasteiger charge is -1.98. The molecule has 0 saturated carbocycles. The van der Waals surface area contributed by atoms with Gasteiger partial charge >= 0.3 is 0 Å². The zero-order valence-electron chi connectivity index (χ0n) is 11.4. The number of hydrogen-bond acceptors (Lipinski definition) is 5. The normalized spacial score (nSPS) is 10.9. The number of aliphatic imine (C=N–C) groups is 1. The molecule has 3 aromatic rings. The van der Waals surface area contributed by atoms with Crippen molar-refractivity contribution >= 4 is 22.7 Å². The van der Waals surface area contributed by atoms with Gasteiger partial charge in [-0.25, -0.2) is 4.99 Å². The topological polar surface area (TPSA) is 47.4 Å². The maximum atomic E-state index is 5.12. The van der Waals surface area contributed by atoms with Crippen molar-refractivity contribution in [2.75, 3.05) is 7.11 Å². The van der Waals surface area contributed by atoms with Crippen LogP contribution < -0.4 is 4.74 Å². The van der Waals surface area contributed by atoms with Gasteiger partial charge in [-0.15, -0.1) is 10.2 Å². The van der Waals surface area contributed by atoms with E-state index in [1.165, 1.54) is 11.3 Å². The average molecular weight is 295 g/mol. The fraction of sp³-hybridized carbons (Fsp3) is 0.0625. The second-order valence-electron chi connectivity index (χ2n) is 4.29. The lowest BCUT2D eigenvalue weighted by atomic mass is 10.2. The summed E-state index contributed by atoms with van der Waals surface area (Å²) in [5.41, 5.74) is 2.05. The van der Waals surface area contributed by atoms with E-state index in [1.807, 2.05) is 54.6 Å². The van der Waals surface area contributed by atoms with Crippen LogP contribution in [0.5, 0.6) is 5.75 Å². The van der Waals surface area contributed by atoms with Gasteiger partial charge < -0.3 is 4.74 Å². The minimum absolute atomic E-state index is 0.643. The van der Waals surface area contributed by atoms with Crippen LogP contribution in [0.2, 0.25) is 0 Å². The minimum Gasteiger partial charge on any atom is -0.497 e. The minimum atomic E-state index is 0.643. The van der Waals surface area contributed by atoms with Crippen LogP contribution in [0.1, 0.15) is 5.56 Å². The van der Waals surface area contributed by atoms with Gasteiger partial charge in [0.1, 0.15) is 10.8 Å². The van der Waals surface area contributed by atoms with Gasteiger partial charge in [0, 0.05) is 11.8 Å². The van der Waals surface area contributed by atoms with Crippen molar-refractivity contribution in [3.63, 3.8) is 0 Å². The fourth-order valence-electron chi connectivity index (χ4n) is 1.78. The molecule has 21 heavy (non-hydrogen) atoms. The highest BCUT2D eigenvalue weighted by Crippen LogP contribution is 2.27. The molecule has 0 bridgehead atoms. The Bertz CT molecular complexity index is 736. The Balaban J connectivity index is 1.76. The maximum Gasteiger partial charge on any atom is 0.231 e. The summed E-state index contributed by atoms with van der Waals surface area (Å²) in [6.07, 6.45) is 1.77. The maximum absolute atomic E-state index is 5.12. The van der Waals surface area contributed by atoms with Crippen LogP contribution >= 0.6 is 11.3 Å². The van der Waals surface area contributed by atoms with Gasteiger partial charge in [-0.3, -0.25) is 0 Å². The van der Waals surface area contributed by atoms with Crippen LogP contribution in [-0.4, -0.2) is 23.5 Å². The number of methoxy groups -OCH3 is 1. The monoisotopic (exact) mass is 295 g/mol. The van der Waals surface area contributed by atoms with Crippen molar-refractivity contribution in [2.45, 2.75) is 0 Å². The van der Waals surface area contributed by atoms with E-state index in [9.17, 15) is 0 Å². The number of rotatable bonds is 4. The second-order valence-corrected chi connectivity index (χ2v) is 5.24. The van der Waals surface area contributed by atoms with Crippen molar-refractivity contribution in [3.8, 4) is 16.3 Å². The molecular weight excluding hydrogens is 282 g/mol. The summed E-state index contributed by atoms with van der Waals surface area (Å²) >= 11 is 1.47. The molecule has 0 radical (unpaired) electrons. The second kappa shape index (κ2) is 6.28. The number of nitrogens with zero attached hydrogens (tertiary/aromatic N) is 3. The zero-order valence-corrected chi connectivity index (χ0v) is 12.2. The van der Waals surface area contributed by atoms with Crippen LogP contribution in [0, 0.1) is 0 Å². The lowest BCUT2D eigenvalue weighted by Crippen LogP contribution is -1.84. The van der Waals surface area contributed by atoms with Crippen molar-refractivity contribution in [1.82, 2.24) is 10.2 Å². The first-order valence-electron chi connectivity index (χ1n) is 6.42. The van der Waals surface area contributed by atoms with Gasteiger partial charge in [0.05, 0.1) is 7.11 Å². The first-order valence-corrected chi connectivity index (χ1v) is 7.24. The van der Waals surface area contributed by atoms with E-state index in [0.717, 1.165) is 21.9 Å².